The maximum Gasteiger partial charge on any atom is 0.263 e. The van der Waals surface area contributed by atoms with E-state index in [2.05, 4.69) is 9.71 Å². The van der Waals surface area contributed by atoms with Gasteiger partial charge in [-0.1, -0.05) is 29.8 Å². The quantitative estimate of drug-likeness (QED) is 0.686. The van der Waals surface area contributed by atoms with Gasteiger partial charge in [0.2, 0.25) is 0 Å². The van der Waals surface area contributed by atoms with Crippen LogP contribution in [0.15, 0.2) is 64.5 Å². The Balaban J connectivity index is 2.38. The lowest BCUT2D eigenvalue weighted by Gasteiger charge is -2.12. The zero-order chi connectivity index (χ0) is 16.2. The zero-order valence-electron chi connectivity index (χ0n) is 12.3. The molecule has 2 aromatic carbocycles. The summed E-state index contributed by atoms with van der Waals surface area (Å²) in [5.41, 5.74) is 0.664. The molecule has 0 radical (unpaired) electrons. The predicted octanol–water partition coefficient (Wildman–Crippen LogP) is 3.47. The first-order valence-corrected chi connectivity index (χ1v) is 8.66. The van der Waals surface area contributed by atoms with Crippen LogP contribution in [0.2, 0.25) is 5.02 Å². The first-order valence-electron chi connectivity index (χ1n) is 6.80. The van der Waals surface area contributed by atoms with Gasteiger partial charge >= 0.3 is 0 Å². The molecular formula is C16H17ClN2O2S. The molecule has 0 saturated heterocycles. The molecule has 0 amide bonds. The summed E-state index contributed by atoms with van der Waals surface area (Å²) >= 11 is 5.87. The number of benzene rings is 2. The minimum atomic E-state index is -3.68. The Labute approximate surface area is 135 Å². The summed E-state index contributed by atoms with van der Waals surface area (Å²) in [6.45, 7) is 3.76. The van der Waals surface area contributed by atoms with Gasteiger partial charge in [-0.2, -0.15) is 0 Å². The highest BCUT2D eigenvalue weighted by Gasteiger charge is 2.17. The molecule has 2 rings (SSSR count). The highest BCUT2D eigenvalue weighted by Crippen LogP contribution is 2.13. The molecule has 0 aliphatic carbocycles. The van der Waals surface area contributed by atoms with Crippen molar-refractivity contribution in [3.8, 4) is 0 Å². The molecule has 22 heavy (non-hydrogen) atoms. The molecule has 6 heteroatoms. The van der Waals surface area contributed by atoms with Crippen LogP contribution in [-0.2, 0) is 10.0 Å². The molecule has 0 bridgehead atoms. The summed E-state index contributed by atoms with van der Waals surface area (Å²) < 4.78 is 27.4. The second-order valence-electron chi connectivity index (χ2n) is 5.00. The third-order valence-corrected chi connectivity index (χ3v) is 4.40. The van der Waals surface area contributed by atoms with Crippen LogP contribution >= 0.6 is 11.6 Å². The number of hydrogen-bond donors (Lipinski definition) is 1. The number of aliphatic imine (C=N–C) groups is 1. The summed E-state index contributed by atoms with van der Waals surface area (Å²) in [5.74, 6) is 0.301. The van der Waals surface area contributed by atoms with Gasteiger partial charge < -0.3 is 0 Å². The van der Waals surface area contributed by atoms with Gasteiger partial charge in [0, 0.05) is 16.6 Å². The van der Waals surface area contributed by atoms with E-state index in [1.54, 1.807) is 42.5 Å². The van der Waals surface area contributed by atoms with Gasteiger partial charge in [-0.15, -0.1) is 0 Å². The van der Waals surface area contributed by atoms with Gasteiger partial charge in [0.15, 0.2) is 0 Å². The van der Waals surface area contributed by atoms with Gasteiger partial charge in [-0.05, 0) is 50.2 Å². The van der Waals surface area contributed by atoms with E-state index in [1.807, 2.05) is 13.8 Å². The van der Waals surface area contributed by atoms with Crippen molar-refractivity contribution in [2.75, 3.05) is 0 Å². The number of sulfonamides is 1. The molecule has 0 aliphatic heterocycles. The molecule has 116 valence electrons. The summed E-state index contributed by atoms with van der Waals surface area (Å²) in [4.78, 5) is 4.57. The van der Waals surface area contributed by atoms with Crippen LogP contribution in [0.4, 0.5) is 0 Å². The lowest BCUT2D eigenvalue weighted by atomic mass is 10.2. The third kappa shape index (κ3) is 4.32. The van der Waals surface area contributed by atoms with Gasteiger partial charge in [0.05, 0.1) is 4.90 Å². The lowest BCUT2D eigenvalue weighted by Crippen LogP contribution is -2.32. The molecule has 2 aromatic rings. The van der Waals surface area contributed by atoms with Gasteiger partial charge in [0.1, 0.15) is 5.84 Å². The average Bonchev–Trinajstić information content (AvgIpc) is 2.47. The van der Waals surface area contributed by atoms with Crippen molar-refractivity contribution in [3.05, 3.63) is 65.2 Å². The third-order valence-electron chi connectivity index (χ3n) is 2.79. The molecule has 0 fully saturated rings. The normalized spacial score (nSPS) is 12.5. The van der Waals surface area contributed by atoms with Crippen LogP contribution in [-0.4, -0.2) is 20.3 Å². The Morgan fingerprint density at radius 2 is 1.64 bits per heavy atom. The molecule has 0 saturated carbocycles. The van der Waals surface area contributed by atoms with Crippen LogP contribution in [0, 0.1) is 0 Å². The molecule has 0 unspecified atom stereocenters. The Bertz CT molecular complexity index is 754. The molecule has 1 N–H and O–H groups in total. The molecule has 0 aromatic heterocycles. The summed E-state index contributed by atoms with van der Waals surface area (Å²) in [6, 6.07) is 15.0. The largest absolute Gasteiger partial charge is 0.265 e. The fourth-order valence-electron chi connectivity index (χ4n) is 1.81. The van der Waals surface area contributed by atoms with Crippen LogP contribution in [0.5, 0.6) is 0 Å². The van der Waals surface area contributed by atoms with Crippen molar-refractivity contribution in [2.24, 2.45) is 4.99 Å². The minimum Gasteiger partial charge on any atom is -0.265 e. The van der Waals surface area contributed by atoms with Crippen LogP contribution in [0.3, 0.4) is 0 Å². The maximum atomic E-state index is 12.4. The molecule has 0 atom stereocenters. The van der Waals surface area contributed by atoms with Gasteiger partial charge in [0.25, 0.3) is 10.0 Å². The van der Waals surface area contributed by atoms with E-state index in [0.717, 1.165) is 0 Å². The van der Waals surface area contributed by atoms with Crippen molar-refractivity contribution < 1.29 is 8.42 Å². The number of amidine groups is 1. The Morgan fingerprint density at radius 3 is 2.18 bits per heavy atom. The van der Waals surface area contributed by atoms with Crippen LogP contribution in [0.25, 0.3) is 0 Å². The SMILES string of the molecule is CC(C)N=C(NS(=O)(=O)c1ccccc1)c1ccc(Cl)cc1. The highest BCUT2D eigenvalue weighted by molar-refractivity contribution is 7.90. The van der Waals surface area contributed by atoms with Crippen LogP contribution in [0.1, 0.15) is 19.4 Å². The van der Waals surface area contributed by atoms with E-state index >= 15 is 0 Å². The Hall–Kier alpha value is -1.85. The van der Waals surface area contributed by atoms with Crippen molar-refractivity contribution in [1.29, 1.82) is 0 Å². The van der Waals surface area contributed by atoms with E-state index in [9.17, 15) is 8.42 Å². The van der Waals surface area contributed by atoms with E-state index in [4.69, 9.17) is 11.6 Å². The summed E-state index contributed by atoms with van der Waals surface area (Å²) in [6.07, 6.45) is 0. The molecule has 0 heterocycles. The van der Waals surface area contributed by atoms with Crippen molar-refractivity contribution in [1.82, 2.24) is 4.72 Å². The second kappa shape index (κ2) is 6.94. The Kier molecular flexibility index (Phi) is 5.21. The standard InChI is InChI=1S/C16H17ClN2O2S/c1-12(2)18-16(13-8-10-14(17)11-9-13)19-22(20,21)15-6-4-3-5-7-15/h3-12H,1-2H3,(H,18,19). The molecular weight excluding hydrogens is 320 g/mol. The predicted molar refractivity (Wildman–Crippen MR) is 89.9 cm³/mol. The molecule has 4 nitrogen and oxygen atoms in total. The van der Waals surface area contributed by atoms with E-state index in [-0.39, 0.29) is 10.9 Å². The fourth-order valence-corrected chi connectivity index (χ4v) is 3.00. The van der Waals surface area contributed by atoms with Gasteiger partial charge in [-0.3, -0.25) is 9.71 Å². The second-order valence-corrected chi connectivity index (χ2v) is 7.12. The Morgan fingerprint density at radius 1 is 1.05 bits per heavy atom. The number of rotatable bonds is 4. The van der Waals surface area contributed by atoms with Crippen molar-refractivity contribution in [3.63, 3.8) is 0 Å². The van der Waals surface area contributed by atoms with E-state index in [0.29, 0.717) is 16.4 Å². The van der Waals surface area contributed by atoms with E-state index < -0.39 is 10.0 Å². The highest BCUT2D eigenvalue weighted by atomic mass is 35.5. The molecule has 0 spiro atoms. The number of hydrogen-bond acceptors (Lipinski definition) is 3. The zero-order valence-corrected chi connectivity index (χ0v) is 13.9. The fraction of sp³-hybridized carbons (Fsp3) is 0.188. The van der Waals surface area contributed by atoms with Gasteiger partial charge in [-0.25, -0.2) is 8.42 Å². The number of nitrogens with one attached hydrogen (secondary N) is 1. The topological polar surface area (TPSA) is 58.5 Å². The average molecular weight is 337 g/mol. The first-order chi connectivity index (χ1) is 10.4. The van der Waals surface area contributed by atoms with E-state index in [1.165, 1.54) is 12.1 Å². The first kappa shape index (κ1) is 16.5. The van der Waals surface area contributed by atoms with Crippen molar-refractivity contribution >= 4 is 27.5 Å². The minimum absolute atomic E-state index is 0.0517. The summed E-state index contributed by atoms with van der Waals surface area (Å²) in [5, 5.41) is 0.582. The van der Waals surface area contributed by atoms with Crippen LogP contribution < -0.4 is 4.72 Å². The number of halogens is 1. The number of nitrogens with zero attached hydrogens (tertiary/aromatic N) is 1. The maximum absolute atomic E-state index is 12.4. The van der Waals surface area contributed by atoms with Crippen molar-refractivity contribution in [2.45, 2.75) is 24.8 Å². The monoisotopic (exact) mass is 336 g/mol. The lowest BCUT2D eigenvalue weighted by molar-refractivity contribution is 0.592. The molecule has 0 aliphatic rings. The summed E-state index contributed by atoms with van der Waals surface area (Å²) in [7, 11) is -3.68. The smallest absolute Gasteiger partial charge is 0.263 e.